The first-order chi connectivity index (χ1) is 14.5. The first-order valence-corrected chi connectivity index (χ1v) is 9.91. The molecule has 1 aliphatic heterocycles. The van der Waals surface area contributed by atoms with Gasteiger partial charge in [-0.25, -0.2) is 4.39 Å². The quantitative estimate of drug-likeness (QED) is 0.674. The molecule has 1 fully saturated rings. The zero-order valence-electron chi connectivity index (χ0n) is 17.1. The number of aromatic nitrogens is 1. The van der Waals surface area contributed by atoms with E-state index in [0.717, 1.165) is 16.5 Å². The summed E-state index contributed by atoms with van der Waals surface area (Å²) in [5.74, 6) is 3.00. The maximum atomic E-state index is 13.4. The van der Waals surface area contributed by atoms with Gasteiger partial charge in [-0.15, -0.1) is 6.42 Å². The third-order valence-electron chi connectivity index (χ3n) is 5.70. The number of hydrogen-bond acceptors (Lipinski definition) is 3. The zero-order valence-corrected chi connectivity index (χ0v) is 17.1. The van der Waals surface area contributed by atoms with Gasteiger partial charge in [0.15, 0.2) is 0 Å². The van der Waals surface area contributed by atoms with Gasteiger partial charge in [-0.3, -0.25) is 9.69 Å². The standard InChI is InChI=1S/C24H24FN3O2/c1-4-20-15-28(16(2)13-27(20)14-17-5-7-19(25)8-6-17)24(29)21-11-18-9-10-26-22(18)12-23(21)30-3/h1,5-12,16,20,26H,13-15H2,2-3H3/t16-,20+/m1/s1. The number of amides is 1. The van der Waals surface area contributed by atoms with E-state index in [2.05, 4.69) is 15.8 Å². The number of rotatable bonds is 4. The van der Waals surface area contributed by atoms with Crippen LogP contribution in [-0.4, -0.2) is 53.0 Å². The first kappa shape index (κ1) is 20.0. The number of ether oxygens (including phenoxy) is 1. The lowest BCUT2D eigenvalue weighted by molar-refractivity contribution is 0.0367. The van der Waals surface area contributed by atoms with Crippen molar-refractivity contribution in [1.82, 2.24) is 14.8 Å². The van der Waals surface area contributed by atoms with Gasteiger partial charge in [0.1, 0.15) is 11.6 Å². The van der Waals surface area contributed by atoms with Crippen LogP contribution in [-0.2, 0) is 6.54 Å². The smallest absolute Gasteiger partial charge is 0.258 e. The highest BCUT2D eigenvalue weighted by Gasteiger charge is 2.34. The minimum atomic E-state index is -0.260. The van der Waals surface area contributed by atoms with E-state index < -0.39 is 0 Å². The van der Waals surface area contributed by atoms with Gasteiger partial charge in [0.05, 0.1) is 18.7 Å². The average Bonchev–Trinajstić information content (AvgIpc) is 3.21. The number of nitrogens with zero attached hydrogens (tertiary/aromatic N) is 2. The van der Waals surface area contributed by atoms with Crippen molar-refractivity contribution < 1.29 is 13.9 Å². The molecule has 1 amide bonds. The number of H-pyrrole nitrogens is 1. The number of piperazine rings is 1. The summed E-state index contributed by atoms with van der Waals surface area (Å²) >= 11 is 0. The van der Waals surface area contributed by atoms with Gasteiger partial charge in [0.25, 0.3) is 5.91 Å². The Morgan fingerprint density at radius 2 is 2.03 bits per heavy atom. The molecular weight excluding hydrogens is 381 g/mol. The summed E-state index contributed by atoms with van der Waals surface area (Å²) < 4.78 is 18.7. The fraction of sp³-hybridized carbons (Fsp3) is 0.292. The van der Waals surface area contributed by atoms with Gasteiger partial charge in [0.2, 0.25) is 0 Å². The Morgan fingerprint density at radius 3 is 2.73 bits per heavy atom. The summed E-state index contributed by atoms with van der Waals surface area (Å²) in [6.07, 6.45) is 7.65. The lowest BCUT2D eigenvalue weighted by atomic mass is 10.0. The van der Waals surface area contributed by atoms with Crippen LogP contribution < -0.4 is 4.74 Å². The van der Waals surface area contributed by atoms with Crippen LogP contribution in [0.5, 0.6) is 5.75 Å². The van der Waals surface area contributed by atoms with Crippen molar-refractivity contribution in [3.05, 3.63) is 65.6 Å². The molecule has 2 aromatic carbocycles. The van der Waals surface area contributed by atoms with Crippen molar-refractivity contribution in [3.8, 4) is 18.1 Å². The maximum Gasteiger partial charge on any atom is 0.258 e. The van der Waals surface area contributed by atoms with Crippen molar-refractivity contribution >= 4 is 16.8 Å². The highest BCUT2D eigenvalue weighted by atomic mass is 19.1. The van der Waals surface area contributed by atoms with Crippen molar-refractivity contribution in [2.45, 2.75) is 25.6 Å². The third kappa shape index (κ3) is 3.77. The number of halogens is 1. The number of fused-ring (bicyclic) bond motifs is 1. The number of carbonyl (C=O) groups is 1. The number of terminal acetylenes is 1. The van der Waals surface area contributed by atoms with Gasteiger partial charge >= 0.3 is 0 Å². The molecule has 0 saturated carbocycles. The molecule has 1 N–H and O–H groups in total. The van der Waals surface area contributed by atoms with Gasteiger partial charge in [-0.05, 0) is 36.8 Å². The van der Waals surface area contributed by atoms with Crippen molar-refractivity contribution in [2.75, 3.05) is 20.2 Å². The molecule has 1 saturated heterocycles. The lowest BCUT2D eigenvalue weighted by Crippen LogP contribution is -2.58. The summed E-state index contributed by atoms with van der Waals surface area (Å²) in [4.78, 5) is 20.5. The van der Waals surface area contributed by atoms with Gasteiger partial charge in [-0.2, -0.15) is 0 Å². The Labute approximate surface area is 175 Å². The normalized spacial score (nSPS) is 19.6. The number of carbonyl (C=O) groups excluding carboxylic acids is 1. The van der Waals surface area contributed by atoms with Crippen LogP contribution in [0, 0.1) is 18.2 Å². The van der Waals surface area contributed by atoms with E-state index in [1.54, 1.807) is 19.2 Å². The third-order valence-corrected chi connectivity index (χ3v) is 5.70. The van der Waals surface area contributed by atoms with E-state index in [0.29, 0.717) is 30.9 Å². The number of aromatic amines is 1. The van der Waals surface area contributed by atoms with Crippen LogP contribution in [0.4, 0.5) is 4.39 Å². The second-order valence-electron chi connectivity index (χ2n) is 7.66. The second kappa shape index (κ2) is 8.21. The molecule has 0 unspecified atom stereocenters. The van der Waals surface area contributed by atoms with Crippen molar-refractivity contribution in [2.24, 2.45) is 0 Å². The van der Waals surface area contributed by atoms with Crippen molar-refractivity contribution in [1.29, 1.82) is 0 Å². The Hall–Kier alpha value is -3.30. The van der Waals surface area contributed by atoms with E-state index in [9.17, 15) is 9.18 Å². The van der Waals surface area contributed by atoms with Crippen LogP contribution in [0.15, 0.2) is 48.7 Å². The highest BCUT2D eigenvalue weighted by molar-refractivity contribution is 6.01. The molecule has 1 aliphatic rings. The molecule has 1 aromatic heterocycles. The van der Waals surface area contributed by atoms with Crippen LogP contribution >= 0.6 is 0 Å². The van der Waals surface area contributed by atoms with Crippen LogP contribution in [0.3, 0.4) is 0 Å². The van der Waals surface area contributed by atoms with E-state index in [1.807, 2.05) is 36.2 Å². The fourth-order valence-electron chi connectivity index (χ4n) is 4.06. The Kier molecular flexibility index (Phi) is 5.47. The van der Waals surface area contributed by atoms with Crippen LogP contribution in [0.25, 0.3) is 10.9 Å². The topological polar surface area (TPSA) is 48.6 Å². The molecule has 2 atom stereocenters. The summed E-state index contributed by atoms with van der Waals surface area (Å²) in [6.45, 7) is 3.68. The van der Waals surface area contributed by atoms with Gasteiger partial charge < -0.3 is 14.6 Å². The maximum absolute atomic E-state index is 13.4. The Morgan fingerprint density at radius 1 is 1.27 bits per heavy atom. The summed E-state index contributed by atoms with van der Waals surface area (Å²) in [5.41, 5.74) is 2.43. The average molecular weight is 405 g/mol. The molecule has 4 rings (SSSR count). The van der Waals surface area contributed by atoms with E-state index >= 15 is 0 Å². The lowest BCUT2D eigenvalue weighted by Gasteiger charge is -2.43. The summed E-state index contributed by atoms with van der Waals surface area (Å²) in [5, 5.41) is 0.954. The monoisotopic (exact) mass is 405 g/mol. The number of hydrogen-bond donors (Lipinski definition) is 1. The molecule has 0 bridgehead atoms. The minimum Gasteiger partial charge on any atom is -0.496 e. The molecule has 3 aromatic rings. The molecule has 0 aliphatic carbocycles. The molecule has 6 heteroatoms. The fourth-order valence-corrected chi connectivity index (χ4v) is 4.06. The zero-order chi connectivity index (χ0) is 21.3. The van der Waals surface area contributed by atoms with Crippen molar-refractivity contribution in [3.63, 3.8) is 0 Å². The predicted octanol–water partition coefficient (Wildman–Crippen LogP) is 3.66. The Bertz CT molecular complexity index is 1100. The molecule has 154 valence electrons. The molecular formula is C24H24FN3O2. The molecule has 30 heavy (non-hydrogen) atoms. The van der Waals surface area contributed by atoms with Crippen LogP contribution in [0.1, 0.15) is 22.8 Å². The van der Waals surface area contributed by atoms with Gasteiger partial charge in [-0.1, -0.05) is 18.1 Å². The van der Waals surface area contributed by atoms with Gasteiger partial charge in [0, 0.05) is 48.8 Å². The van der Waals surface area contributed by atoms with E-state index in [-0.39, 0.29) is 23.8 Å². The van der Waals surface area contributed by atoms with E-state index in [4.69, 9.17) is 11.2 Å². The van der Waals surface area contributed by atoms with E-state index in [1.165, 1.54) is 12.1 Å². The van der Waals surface area contributed by atoms with Crippen LogP contribution in [0.2, 0.25) is 0 Å². The Balaban J connectivity index is 1.56. The SMILES string of the molecule is C#C[C@H]1CN(C(=O)c2cc3cc[nH]c3cc2OC)[C@H](C)CN1Cc1ccc(F)cc1. The molecule has 5 nitrogen and oxygen atoms in total. The summed E-state index contributed by atoms with van der Waals surface area (Å²) in [6, 6.07) is 11.8. The molecule has 2 heterocycles. The number of methoxy groups -OCH3 is 1. The molecule has 0 spiro atoms. The number of nitrogens with one attached hydrogen (secondary N) is 1. The summed E-state index contributed by atoms with van der Waals surface area (Å²) in [7, 11) is 1.56. The highest BCUT2D eigenvalue weighted by Crippen LogP contribution is 2.28. The largest absolute Gasteiger partial charge is 0.496 e. The molecule has 0 radical (unpaired) electrons. The first-order valence-electron chi connectivity index (χ1n) is 9.91. The minimum absolute atomic E-state index is 0.0332. The second-order valence-corrected chi connectivity index (χ2v) is 7.66. The number of benzene rings is 2. The predicted molar refractivity (Wildman–Crippen MR) is 115 cm³/mol.